The van der Waals surface area contributed by atoms with E-state index in [0.29, 0.717) is 17.9 Å². The fourth-order valence-corrected chi connectivity index (χ4v) is 2.78. The Hall–Kier alpha value is -3.42. The molecule has 2 aromatic rings. The molecule has 1 aliphatic heterocycles. The van der Waals surface area contributed by atoms with Crippen molar-refractivity contribution in [3.63, 3.8) is 0 Å². The zero-order valence-electron chi connectivity index (χ0n) is 16.5. The first-order chi connectivity index (χ1) is 14.1. The van der Waals surface area contributed by atoms with Crippen molar-refractivity contribution in [2.45, 2.75) is 20.5 Å². The number of hydrogen-bond acceptors (Lipinski definition) is 7. The van der Waals surface area contributed by atoms with Crippen LogP contribution >= 0.6 is 0 Å². The summed E-state index contributed by atoms with van der Waals surface area (Å²) in [6.45, 7) is 4.47. The largest absolute Gasteiger partial charge is 0.470 e. The summed E-state index contributed by atoms with van der Waals surface area (Å²) in [6, 6.07) is 12.5. The minimum Gasteiger partial charge on any atom is -0.470 e. The summed E-state index contributed by atoms with van der Waals surface area (Å²) in [5, 5.41) is 11.9. The van der Waals surface area contributed by atoms with Gasteiger partial charge in [-0.25, -0.2) is 4.39 Å². The Balaban J connectivity index is 1.85. The fraction of sp³-hybridized carbons (Fsp3) is 0.286. The van der Waals surface area contributed by atoms with Gasteiger partial charge in [-0.1, -0.05) is 52.3 Å². The van der Waals surface area contributed by atoms with Gasteiger partial charge in [0, 0.05) is 5.56 Å². The average molecular weight is 399 g/mol. The third-order valence-electron chi connectivity index (χ3n) is 4.14. The molecule has 0 unspecified atom stereocenters. The van der Waals surface area contributed by atoms with Crippen LogP contribution in [0.5, 0.6) is 0 Å². The minimum atomic E-state index is -0.516. The molecule has 0 amide bonds. The standard InChI is InChI=1S/C21H22FN3O4/c1-14-6-4-7-16(12-14)15(2)23-29-13-17-8-5-9-18(22)19(17)20(24-26-3)21-25-28-11-10-27-21/h4-9,12H,10-11,13H2,1-3H3. The maximum Gasteiger partial charge on any atom is 0.280 e. The van der Waals surface area contributed by atoms with E-state index in [4.69, 9.17) is 19.2 Å². The van der Waals surface area contributed by atoms with Crippen molar-refractivity contribution >= 4 is 17.3 Å². The van der Waals surface area contributed by atoms with Crippen molar-refractivity contribution in [1.29, 1.82) is 0 Å². The predicted molar refractivity (Wildman–Crippen MR) is 107 cm³/mol. The van der Waals surface area contributed by atoms with Gasteiger partial charge in [-0.3, -0.25) is 0 Å². The van der Waals surface area contributed by atoms with Crippen molar-refractivity contribution in [3.8, 4) is 0 Å². The quantitative estimate of drug-likeness (QED) is 0.525. The molecular formula is C21H22FN3O4. The molecule has 3 rings (SSSR count). The predicted octanol–water partition coefficient (Wildman–Crippen LogP) is 3.79. The van der Waals surface area contributed by atoms with Crippen molar-refractivity contribution in [2.24, 2.45) is 15.5 Å². The lowest BCUT2D eigenvalue weighted by Crippen LogP contribution is -2.27. The highest BCUT2D eigenvalue weighted by atomic mass is 19.1. The van der Waals surface area contributed by atoms with Crippen molar-refractivity contribution in [1.82, 2.24) is 0 Å². The molecule has 8 heteroatoms. The van der Waals surface area contributed by atoms with Gasteiger partial charge in [-0.15, -0.1) is 0 Å². The molecule has 0 aliphatic carbocycles. The molecule has 0 saturated heterocycles. The molecule has 0 N–H and O–H groups in total. The second-order valence-corrected chi connectivity index (χ2v) is 6.29. The number of benzene rings is 2. The number of oxime groups is 3. The van der Waals surface area contributed by atoms with Gasteiger partial charge >= 0.3 is 0 Å². The second kappa shape index (κ2) is 9.68. The molecule has 7 nitrogen and oxygen atoms in total. The van der Waals surface area contributed by atoms with E-state index >= 15 is 0 Å². The molecule has 0 radical (unpaired) electrons. The Labute approximate surface area is 168 Å². The maximum atomic E-state index is 14.7. The Morgan fingerprint density at radius 1 is 1.17 bits per heavy atom. The van der Waals surface area contributed by atoms with Gasteiger partial charge in [0.1, 0.15) is 26.1 Å². The first-order valence-electron chi connectivity index (χ1n) is 9.05. The first-order valence-corrected chi connectivity index (χ1v) is 9.05. The molecule has 0 fully saturated rings. The SMILES string of the molecule is CON=C(C1=NOCCO1)c1c(F)cccc1CON=C(C)c1cccc(C)c1. The first kappa shape index (κ1) is 20.3. The van der Waals surface area contributed by atoms with E-state index in [0.717, 1.165) is 11.1 Å². The van der Waals surface area contributed by atoms with Gasteiger partial charge in [-0.05, 0) is 30.6 Å². The molecule has 152 valence electrons. The summed E-state index contributed by atoms with van der Waals surface area (Å²) in [6.07, 6.45) is 0. The summed E-state index contributed by atoms with van der Waals surface area (Å²) in [7, 11) is 1.36. The van der Waals surface area contributed by atoms with Crippen LogP contribution in [0.15, 0.2) is 57.9 Å². The van der Waals surface area contributed by atoms with Crippen molar-refractivity contribution in [2.75, 3.05) is 20.3 Å². The van der Waals surface area contributed by atoms with E-state index < -0.39 is 5.82 Å². The number of ether oxygens (including phenoxy) is 1. The van der Waals surface area contributed by atoms with Crippen LogP contribution in [0.25, 0.3) is 0 Å². The molecule has 1 heterocycles. The summed E-state index contributed by atoms with van der Waals surface area (Å²) in [5.41, 5.74) is 3.54. The van der Waals surface area contributed by atoms with Crippen molar-refractivity contribution < 1.29 is 23.6 Å². The molecule has 0 spiro atoms. The van der Waals surface area contributed by atoms with Crippen LogP contribution in [0.2, 0.25) is 0 Å². The Morgan fingerprint density at radius 3 is 2.72 bits per heavy atom. The monoisotopic (exact) mass is 399 g/mol. The molecule has 0 atom stereocenters. The smallest absolute Gasteiger partial charge is 0.280 e. The third-order valence-corrected chi connectivity index (χ3v) is 4.14. The summed E-state index contributed by atoms with van der Waals surface area (Å²) >= 11 is 0. The fourth-order valence-electron chi connectivity index (χ4n) is 2.78. The van der Waals surface area contributed by atoms with Crippen LogP contribution in [0.1, 0.15) is 29.2 Å². The molecule has 0 bridgehead atoms. The molecule has 1 aliphatic rings. The van der Waals surface area contributed by atoms with Crippen molar-refractivity contribution in [3.05, 3.63) is 70.5 Å². The Bertz CT molecular complexity index is 957. The summed E-state index contributed by atoms with van der Waals surface area (Å²) < 4.78 is 20.1. The van der Waals surface area contributed by atoms with Crippen LogP contribution in [0.4, 0.5) is 4.39 Å². The topological polar surface area (TPSA) is 74.0 Å². The van der Waals surface area contributed by atoms with E-state index in [1.807, 2.05) is 38.1 Å². The van der Waals surface area contributed by atoms with Gasteiger partial charge in [0.15, 0.2) is 12.3 Å². The lowest BCUT2D eigenvalue weighted by Gasteiger charge is -2.17. The van der Waals surface area contributed by atoms with Crippen LogP contribution in [0.3, 0.4) is 0 Å². The second-order valence-electron chi connectivity index (χ2n) is 6.29. The highest BCUT2D eigenvalue weighted by Crippen LogP contribution is 2.19. The van der Waals surface area contributed by atoms with Gasteiger partial charge in [0.05, 0.1) is 11.3 Å². The molecule has 0 aromatic heterocycles. The van der Waals surface area contributed by atoms with E-state index in [-0.39, 0.29) is 30.4 Å². The van der Waals surface area contributed by atoms with Crippen LogP contribution in [-0.2, 0) is 25.9 Å². The summed E-state index contributed by atoms with van der Waals surface area (Å²) in [5.74, 6) is -0.470. The number of aryl methyl sites for hydroxylation is 1. The van der Waals surface area contributed by atoms with Gasteiger partial charge in [0.2, 0.25) is 0 Å². The van der Waals surface area contributed by atoms with Gasteiger partial charge in [0.25, 0.3) is 5.90 Å². The Kier molecular flexibility index (Phi) is 6.78. The molecule has 2 aromatic carbocycles. The maximum absolute atomic E-state index is 14.7. The highest BCUT2D eigenvalue weighted by Gasteiger charge is 2.25. The molecule has 0 saturated carbocycles. The minimum absolute atomic E-state index is 0.0210. The zero-order chi connectivity index (χ0) is 20.6. The van der Waals surface area contributed by atoms with Crippen LogP contribution in [-0.4, -0.2) is 37.6 Å². The average Bonchev–Trinajstić information content (AvgIpc) is 2.73. The van der Waals surface area contributed by atoms with E-state index in [2.05, 4.69) is 15.5 Å². The van der Waals surface area contributed by atoms with Gasteiger partial charge in [-0.2, -0.15) is 0 Å². The Morgan fingerprint density at radius 2 is 2.00 bits per heavy atom. The number of halogens is 1. The number of nitrogens with zero attached hydrogens (tertiary/aromatic N) is 3. The lowest BCUT2D eigenvalue weighted by atomic mass is 10.0. The molecular weight excluding hydrogens is 377 g/mol. The number of rotatable bonds is 7. The van der Waals surface area contributed by atoms with E-state index in [9.17, 15) is 4.39 Å². The number of hydrogen-bond donors (Lipinski definition) is 0. The van der Waals surface area contributed by atoms with Gasteiger partial charge < -0.3 is 19.2 Å². The van der Waals surface area contributed by atoms with Crippen LogP contribution < -0.4 is 0 Å². The zero-order valence-corrected chi connectivity index (χ0v) is 16.5. The van der Waals surface area contributed by atoms with E-state index in [1.165, 1.54) is 13.2 Å². The van der Waals surface area contributed by atoms with E-state index in [1.54, 1.807) is 12.1 Å². The molecule has 29 heavy (non-hydrogen) atoms. The normalized spacial score (nSPS) is 14.6. The third kappa shape index (κ3) is 5.10. The summed E-state index contributed by atoms with van der Waals surface area (Å²) in [4.78, 5) is 15.4. The van der Waals surface area contributed by atoms with Crippen LogP contribution in [0, 0.1) is 12.7 Å². The lowest BCUT2D eigenvalue weighted by molar-refractivity contribution is 0.0672. The highest BCUT2D eigenvalue weighted by molar-refractivity contribution is 6.45.